The van der Waals surface area contributed by atoms with Gasteiger partial charge in [-0.1, -0.05) is 13.8 Å². The van der Waals surface area contributed by atoms with Gasteiger partial charge in [-0.25, -0.2) is 0 Å². The largest absolute Gasteiger partial charge is 0.360 e. The van der Waals surface area contributed by atoms with Gasteiger partial charge < -0.3 is 9.64 Å². The number of nitrogens with zero attached hydrogens (tertiary/aromatic N) is 3. The van der Waals surface area contributed by atoms with E-state index >= 15 is 0 Å². The molecular weight excluding hydrogens is 278 g/mol. The van der Waals surface area contributed by atoms with Crippen LogP contribution in [0.3, 0.4) is 0 Å². The van der Waals surface area contributed by atoms with Gasteiger partial charge in [0, 0.05) is 12.2 Å². The first-order valence-corrected chi connectivity index (χ1v) is 7.76. The van der Waals surface area contributed by atoms with Crippen molar-refractivity contribution in [2.24, 2.45) is 5.41 Å². The normalized spacial score (nSPS) is 18.4. The zero-order valence-electron chi connectivity index (χ0n) is 14.5. The highest BCUT2D eigenvalue weighted by atomic mass is 16.5. The topological polar surface area (TPSA) is 45.7 Å². The summed E-state index contributed by atoms with van der Waals surface area (Å²) in [5.74, 6) is 0.456. The first kappa shape index (κ1) is 16.9. The van der Waals surface area contributed by atoms with Gasteiger partial charge in [0.05, 0.1) is 23.4 Å². The minimum absolute atomic E-state index is 0.0952. The van der Waals surface area contributed by atoms with Crippen LogP contribution in [0.4, 0.5) is 5.69 Å². The third kappa shape index (κ3) is 3.47. The summed E-state index contributed by atoms with van der Waals surface area (Å²) in [6, 6.07) is 4.01. The van der Waals surface area contributed by atoms with Crippen LogP contribution in [0.5, 0.6) is 0 Å². The lowest BCUT2D eigenvalue weighted by molar-refractivity contribution is -0.136. The lowest BCUT2D eigenvalue weighted by Gasteiger charge is -2.37. The highest BCUT2D eigenvalue weighted by Gasteiger charge is 2.38. The molecular formula is C17H27N3O2. The van der Waals surface area contributed by atoms with Crippen LogP contribution >= 0.6 is 0 Å². The van der Waals surface area contributed by atoms with Gasteiger partial charge >= 0.3 is 0 Å². The third-order valence-electron chi connectivity index (χ3n) is 3.83. The smallest absolute Gasteiger partial charge is 0.236 e. The van der Waals surface area contributed by atoms with Crippen molar-refractivity contribution in [3.63, 3.8) is 0 Å². The number of carbonyl (C=O) groups is 1. The van der Waals surface area contributed by atoms with E-state index < -0.39 is 5.41 Å². The van der Waals surface area contributed by atoms with Crippen molar-refractivity contribution in [2.75, 3.05) is 32.3 Å². The molecule has 0 spiro atoms. The minimum atomic E-state index is -0.496. The zero-order chi connectivity index (χ0) is 16.5. The monoisotopic (exact) mass is 305 g/mol. The van der Waals surface area contributed by atoms with Crippen molar-refractivity contribution in [1.29, 1.82) is 0 Å². The van der Waals surface area contributed by atoms with Gasteiger partial charge in [0.2, 0.25) is 5.91 Å². The molecule has 0 radical (unpaired) electrons. The molecule has 0 aromatic carbocycles. The van der Waals surface area contributed by atoms with Crippen molar-refractivity contribution in [3.8, 4) is 0 Å². The van der Waals surface area contributed by atoms with Gasteiger partial charge in [-0.2, -0.15) is 0 Å². The second kappa shape index (κ2) is 6.34. The molecule has 22 heavy (non-hydrogen) atoms. The molecule has 5 nitrogen and oxygen atoms in total. The van der Waals surface area contributed by atoms with Gasteiger partial charge in [0.25, 0.3) is 0 Å². The maximum Gasteiger partial charge on any atom is 0.236 e. The lowest BCUT2D eigenvalue weighted by Crippen LogP contribution is -2.50. The van der Waals surface area contributed by atoms with Gasteiger partial charge in [-0.15, -0.1) is 0 Å². The molecule has 1 saturated heterocycles. The molecule has 0 bridgehead atoms. The molecule has 5 heteroatoms. The lowest BCUT2D eigenvalue weighted by atomic mass is 9.91. The molecule has 1 aliphatic heterocycles. The number of anilines is 1. The summed E-state index contributed by atoms with van der Waals surface area (Å²) in [5.41, 5.74) is 2.33. The number of hydrogen-bond donors (Lipinski definition) is 0. The molecule has 0 aliphatic carbocycles. The van der Waals surface area contributed by atoms with E-state index in [0.29, 0.717) is 25.8 Å². The summed E-state index contributed by atoms with van der Waals surface area (Å²) in [4.78, 5) is 21.3. The van der Waals surface area contributed by atoms with E-state index in [1.165, 1.54) is 0 Å². The third-order valence-corrected chi connectivity index (χ3v) is 3.83. The fourth-order valence-electron chi connectivity index (χ4n) is 2.55. The fourth-order valence-corrected chi connectivity index (χ4v) is 2.55. The quantitative estimate of drug-likeness (QED) is 0.858. The molecule has 1 aromatic heterocycles. The van der Waals surface area contributed by atoms with Gasteiger partial charge in [-0.05, 0) is 46.0 Å². The maximum atomic E-state index is 12.7. The number of amides is 1. The van der Waals surface area contributed by atoms with E-state index in [-0.39, 0.29) is 5.91 Å². The second-order valence-corrected chi connectivity index (χ2v) is 7.19. The Hall–Kier alpha value is -1.46. The van der Waals surface area contributed by atoms with Gasteiger partial charge in [0.1, 0.15) is 6.73 Å². The Morgan fingerprint density at radius 3 is 2.64 bits per heavy atom. The van der Waals surface area contributed by atoms with Crippen molar-refractivity contribution < 1.29 is 9.53 Å². The zero-order valence-corrected chi connectivity index (χ0v) is 14.5. The molecule has 1 fully saturated rings. The van der Waals surface area contributed by atoms with E-state index in [9.17, 15) is 4.79 Å². The average Bonchev–Trinajstić information content (AvgIpc) is 2.41. The number of pyridine rings is 1. The average molecular weight is 305 g/mol. The molecule has 122 valence electrons. The van der Waals surface area contributed by atoms with Gasteiger partial charge in [-0.3, -0.25) is 14.7 Å². The first-order chi connectivity index (χ1) is 10.2. The minimum Gasteiger partial charge on any atom is -0.360 e. The highest BCUT2D eigenvalue weighted by Crippen LogP contribution is 2.31. The van der Waals surface area contributed by atoms with Crippen LogP contribution in [0, 0.1) is 5.41 Å². The molecule has 1 aromatic rings. The molecule has 1 aliphatic rings. The molecule has 1 amide bonds. The first-order valence-electron chi connectivity index (χ1n) is 7.76. The Kier molecular flexibility index (Phi) is 4.87. The number of ether oxygens (including phenoxy) is 1. The van der Waals surface area contributed by atoms with Crippen LogP contribution in [0.25, 0.3) is 0 Å². The number of aromatic nitrogens is 1. The van der Waals surface area contributed by atoms with Gasteiger partial charge in [0.15, 0.2) is 0 Å². The Morgan fingerprint density at radius 1 is 1.36 bits per heavy atom. The second-order valence-electron chi connectivity index (χ2n) is 7.19. The molecule has 2 rings (SSSR count). The summed E-state index contributed by atoms with van der Waals surface area (Å²) >= 11 is 0. The summed E-state index contributed by atoms with van der Waals surface area (Å²) in [6.45, 7) is 9.54. The van der Waals surface area contributed by atoms with Crippen LogP contribution in [0.15, 0.2) is 12.1 Å². The van der Waals surface area contributed by atoms with Crippen LogP contribution in [-0.2, 0) is 16.1 Å². The van der Waals surface area contributed by atoms with E-state index in [1.54, 1.807) is 4.90 Å². The van der Waals surface area contributed by atoms with Crippen LogP contribution in [-0.4, -0.2) is 43.2 Å². The van der Waals surface area contributed by atoms with Crippen molar-refractivity contribution in [2.45, 2.75) is 40.2 Å². The van der Waals surface area contributed by atoms with Crippen molar-refractivity contribution >= 4 is 11.6 Å². The summed E-state index contributed by atoms with van der Waals surface area (Å²) in [5, 5.41) is 0. The molecule has 0 N–H and O–H groups in total. The maximum absolute atomic E-state index is 12.7. The Labute approximate surface area is 133 Å². The van der Waals surface area contributed by atoms with Crippen molar-refractivity contribution in [3.05, 3.63) is 23.5 Å². The number of hydrogen-bond acceptors (Lipinski definition) is 4. The number of rotatable bonds is 4. The molecule has 0 saturated carbocycles. The Balaban J connectivity index is 2.42. The fraction of sp³-hybridized carbons (Fsp3) is 0.647. The van der Waals surface area contributed by atoms with E-state index in [1.807, 2.05) is 40.1 Å². The predicted molar refractivity (Wildman–Crippen MR) is 87.8 cm³/mol. The summed E-state index contributed by atoms with van der Waals surface area (Å²) < 4.78 is 5.62. The molecule has 2 heterocycles. The molecule has 0 atom stereocenters. The Morgan fingerprint density at radius 2 is 2.05 bits per heavy atom. The van der Waals surface area contributed by atoms with E-state index in [4.69, 9.17) is 9.72 Å². The van der Waals surface area contributed by atoms with E-state index in [2.05, 4.69) is 18.7 Å². The Bertz CT molecular complexity index is 553. The molecule has 0 unspecified atom stereocenters. The predicted octanol–water partition coefficient (Wildman–Crippen LogP) is 2.61. The summed E-state index contributed by atoms with van der Waals surface area (Å²) in [7, 11) is 4.01. The standard InChI is InChI=1S/C17H27N3O2/c1-12(2)13-7-8-15(14(18-13)9-19(5)6)20-11-22-10-17(3,4)16(20)21/h7-8,12H,9-11H2,1-6H3. The van der Waals surface area contributed by atoms with Crippen LogP contribution in [0.1, 0.15) is 45.0 Å². The van der Waals surface area contributed by atoms with Crippen LogP contribution < -0.4 is 4.90 Å². The van der Waals surface area contributed by atoms with E-state index in [0.717, 1.165) is 17.1 Å². The van der Waals surface area contributed by atoms with Crippen LogP contribution in [0.2, 0.25) is 0 Å². The summed E-state index contributed by atoms with van der Waals surface area (Å²) in [6.07, 6.45) is 0. The van der Waals surface area contributed by atoms with Crippen molar-refractivity contribution in [1.82, 2.24) is 9.88 Å². The highest BCUT2D eigenvalue weighted by molar-refractivity contribution is 5.98. The number of carbonyl (C=O) groups excluding carboxylic acids is 1. The SMILES string of the molecule is CC(C)c1ccc(N2COCC(C)(C)C2=O)c(CN(C)C)n1.